The number of dihydropyridines is 1. The number of fused-ring (bicyclic) bond motifs is 1. The molecular weight excluding hydrogens is 490 g/mol. The average Bonchev–Trinajstić information content (AvgIpc) is 3.62. The monoisotopic (exact) mass is 517 g/mol. The molecule has 3 atom stereocenters. The summed E-state index contributed by atoms with van der Waals surface area (Å²) in [4.78, 5) is 42.1. The molecule has 1 fully saturated rings. The van der Waals surface area contributed by atoms with Crippen molar-refractivity contribution in [3.8, 4) is 0 Å². The maximum absolute atomic E-state index is 13.7. The molecule has 1 aromatic carbocycles. The van der Waals surface area contributed by atoms with E-state index in [1.54, 1.807) is 42.5 Å². The Bertz CT molecular complexity index is 1490. The molecule has 6 rings (SSSR count). The van der Waals surface area contributed by atoms with E-state index in [2.05, 4.69) is 5.32 Å². The fraction of sp³-hybridized carbons (Fsp3) is 0.345. The molecule has 2 aliphatic heterocycles. The number of nitrogens with one attached hydrogen (secondary N) is 1. The van der Waals surface area contributed by atoms with Crippen molar-refractivity contribution in [3.05, 3.63) is 91.2 Å². The van der Waals surface area contributed by atoms with Gasteiger partial charge in [0, 0.05) is 46.4 Å². The standard InChI is InChI=1S/C29H27NO6S/c1-16-25(29(33)36-14-18-6-4-10-34-18)26(20-15-35-23-8-3-2-7-19(23)28(20)32)27-21(30-16)12-17(13-22(27)31)24-9-5-11-37-24/h2-3,5,7-9,11,15,17-18,26,30H,4,6,10,12-14H2,1H3/t17-,18+,26+/m1/s1. The first-order valence-electron chi connectivity index (χ1n) is 12.6. The number of Topliss-reactive ketones (excluding diaryl/α,β-unsaturated/α-hetero) is 1. The number of carbonyl (C=O) groups excluding carboxylic acids is 2. The molecule has 3 aromatic rings. The van der Waals surface area contributed by atoms with Gasteiger partial charge in [-0.2, -0.15) is 0 Å². The molecule has 4 heterocycles. The lowest BCUT2D eigenvalue weighted by atomic mass is 9.73. The van der Waals surface area contributed by atoms with E-state index in [-0.39, 0.29) is 41.0 Å². The zero-order chi connectivity index (χ0) is 25.5. The van der Waals surface area contributed by atoms with Crippen LogP contribution in [-0.2, 0) is 19.1 Å². The van der Waals surface area contributed by atoms with E-state index < -0.39 is 11.9 Å². The molecule has 1 N–H and O–H groups in total. The van der Waals surface area contributed by atoms with Gasteiger partial charge in [-0.15, -0.1) is 11.3 Å². The second-order valence-corrected chi connectivity index (χ2v) is 10.8. The van der Waals surface area contributed by atoms with Crippen LogP contribution in [0.15, 0.2) is 79.8 Å². The third-order valence-corrected chi connectivity index (χ3v) is 8.47. The third kappa shape index (κ3) is 4.34. The van der Waals surface area contributed by atoms with Gasteiger partial charge in [0.2, 0.25) is 0 Å². The van der Waals surface area contributed by atoms with Gasteiger partial charge in [0.25, 0.3) is 0 Å². The van der Waals surface area contributed by atoms with Crippen LogP contribution in [0.25, 0.3) is 11.0 Å². The molecule has 190 valence electrons. The highest BCUT2D eigenvalue weighted by Crippen LogP contribution is 2.46. The number of hydrogen-bond donors (Lipinski definition) is 1. The van der Waals surface area contributed by atoms with Gasteiger partial charge in [0.05, 0.1) is 29.2 Å². The summed E-state index contributed by atoms with van der Waals surface area (Å²) in [5.41, 5.74) is 2.50. The van der Waals surface area contributed by atoms with Crippen molar-refractivity contribution in [3.63, 3.8) is 0 Å². The molecule has 0 spiro atoms. The van der Waals surface area contributed by atoms with Crippen molar-refractivity contribution >= 4 is 34.1 Å². The number of thiophene rings is 1. The van der Waals surface area contributed by atoms with E-state index in [1.165, 1.54) is 6.26 Å². The Morgan fingerprint density at radius 3 is 2.81 bits per heavy atom. The van der Waals surface area contributed by atoms with Gasteiger partial charge in [0.1, 0.15) is 12.2 Å². The Hall–Kier alpha value is -3.49. The Balaban J connectivity index is 1.44. The number of benzene rings is 1. The summed E-state index contributed by atoms with van der Waals surface area (Å²) in [5, 5.41) is 5.75. The van der Waals surface area contributed by atoms with E-state index in [0.29, 0.717) is 41.7 Å². The highest BCUT2D eigenvalue weighted by Gasteiger charge is 2.43. The number of ether oxygens (including phenoxy) is 2. The van der Waals surface area contributed by atoms with Crippen LogP contribution in [0, 0.1) is 0 Å². The first-order valence-corrected chi connectivity index (χ1v) is 13.5. The molecule has 0 bridgehead atoms. The lowest BCUT2D eigenvalue weighted by Gasteiger charge is -2.36. The fourth-order valence-electron chi connectivity index (χ4n) is 5.66. The molecular formula is C29H27NO6S. The number of hydrogen-bond acceptors (Lipinski definition) is 8. The summed E-state index contributed by atoms with van der Waals surface area (Å²) in [6.45, 7) is 2.58. The molecule has 1 saturated heterocycles. The summed E-state index contributed by atoms with van der Waals surface area (Å²) in [6.07, 6.45) is 3.95. The second-order valence-electron chi connectivity index (χ2n) is 9.78. The minimum atomic E-state index is -0.870. The van der Waals surface area contributed by atoms with Gasteiger partial charge in [-0.1, -0.05) is 18.2 Å². The molecule has 1 aliphatic carbocycles. The molecule has 7 nitrogen and oxygen atoms in total. The van der Waals surface area contributed by atoms with E-state index in [9.17, 15) is 14.4 Å². The van der Waals surface area contributed by atoms with Crippen molar-refractivity contribution in [2.45, 2.75) is 50.5 Å². The smallest absolute Gasteiger partial charge is 0.336 e. The van der Waals surface area contributed by atoms with Crippen LogP contribution in [0.2, 0.25) is 0 Å². The summed E-state index contributed by atoms with van der Waals surface area (Å²) in [6, 6.07) is 11.0. The van der Waals surface area contributed by atoms with Crippen LogP contribution < -0.4 is 10.7 Å². The van der Waals surface area contributed by atoms with Crippen LogP contribution >= 0.6 is 11.3 Å². The number of rotatable bonds is 5. The number of para-hydroxylation sites is 1. The lowest BCUT2D eigenvalue weighted by molar-refractivity contribution is -0.142. The SMILES string of the molecule is CC1=C(C(=O)OC[C@@H]2CCCO2)[C@H](c2coc3ccccc3c2=O)C2=C(C[C@@H](c3cccs3)CC2=O)N1. The number of esters is 1. The largest absolute Gasteiger partial charge is 0.464 e. The zero-order valence-corrected chi connectivity index (χ0v) is 21.3. The average molecular weight is 518 g/mol. The van der Waals surface area contributed by atoms with E-state index >= 15 is 0 Å². The quantitative estimate of drug-likeness (QED) is 0.479. The molecule has 2 aromatic heterocycles. The van der Waals surface area contributed by atoms with E-state index in [4.69, 9.17) is 13.9 Å². The molecule has 3 aliphatic rings. The van der Waals surface area contributed by atoms with Crippen molar-refractivity contribution in [1.29, 1.82) is 0 Å². The number of ketones is 1. The maximum Gasteiger partial charge on any atom is 0.336 e. The van der Waals surface area contributed by atoms with Crippen LogP contribution in [0.3, 0.4) is 0 Å². The summed E-state index contributed by atoms with van der Waals surface area (Å²) in [7, 11) is 0. The molecule has 8 heteroatoms. The van der Waals surface area contributed by atoms with Gasteiger partial charge in [-0.25, -0.2) is 4.79 Å². The third-order valence-electron chi connectivity index (χ3n) is 7.44. The highest BCUT2D eigenvalue weighted by molar-refractivity contribution is 7.10. The molecule has 0 unspecified atom stereocenters. The van der Waals surface area contributed by atoms with Gasteiger partial charge < -0.3 is 19.2 Å². The van der Waals surface area contributed by atoms with Gasteiger partial charge in [-0.05, 0) is 49.8 Å². The van der Waals surface area contributed by atoms with Crippen LogP contribution in [0.1, 0.15) is 54.9 Å². The van der Waals surface area contributed by atoms with Crippen LogP contribution in [0.4, 0.5) is 0 Å². The Kier molecular flexibility index (Phi) is 6.30. The van der Waals surface area contributed by atoms with Crippen LogP contribution in [0.5, 0.6) is 0 Å². The molecule has 0 radical (unpaired) electrons. The second kappa shape index (κ2) is 9.76. The summed E-state index contributed by atoms with van der Waals surface area (Å²) in [5.74, 6) is -1.46. The number of allylic oxidation sites excluding steroid dienone is 3. The van der Waals surface area contributed by atoms with E-state index in [0.717, 1.165) is 23.4 Å². The molecule has 37 heavy (non-hydrogen) atoms. The number of carbonyl (C=O) groups is 2. The van der Waals surface area contributed by atoms with Gasteiger partial charge in [0.15, 0.2) is 11.2 Å². The van der Waals surface area contributed by atoms with Crippen molar-refractivity contribution in [2.24, 2.45) is 0 Å². The lowest BCUT2D eigenvalue weighted by Crippen LogP contribution is -2.37. The van der Waals surface area contributed by atoms with Crippen molar-refractivity contribution < 1.29 is 23.5 Å². The minimum Gasteiger partial charge on any atom is -0.464 e. The topological polar surface area (TPSA) is 94.8 Å². The van der Waals surface area contributed by atoms with Crippen molar-refractivity contribution in [1.82, 2.24) is 5.32 Å². The fourth-order valence-corrected chi connectivity index (χ4v) is 6.49. The van der Waals surface area contributed by atoms with E-state index in [1.807, 2.05) is 17.5 Å². The molecule has 0 amide bonds. The highest BCUT2D eigenvalue weighted by atomic mass is 32.1. The summed E-state index contributed by atoms with van der Waals surface area (Å²) >= 11 is 1.63. The van der Waals surface area contributed by atoms with Crippen molar-refractivity contribution in [2.75, 3.05) is 13.2 Å². The minimum absolute atomic E-state index is 0.0493. The Labute approximate surface area is 217 Å². The first-order chi connectivity index (χ1) is 18.0. The first kappa shape index (κ1) is 23.9. The predicted octanol–water partition coefficient (Wildman–Crippen LogP) is 4.94. The zero-order valence-electron chi connectivity index (χ0n) is 20.5. The normalized spacial score (nSPS) is 23.8. The van der Waals surface area contributed by atoms with Gasteiger partial charge >= 0.3 is 5.97 Å². The van der Waals surface area contributed by atoms with Gasteiger partial charge in [-0.3, -0.25) is 9.59 Å². The summed E-state index contributed by atoms with van der Waals surface area (Å²) < 4.78 is 17.1. The Morgan fingerprint density at radius 2 is 2.03 bits per heavy atom. The Morgan fingerprint density at radius 1 is 1.16 bits per heavy atom. The van der Waals surface area contributed by atoms with Crippen LogP contribution in [-0.4, -0.2) is 31.1 Å². The predicted molar refractivity (Wildman–Crippen MR) is 139 cm³/mol. The maximum atomic E-state index is 13.7. The molecule has 0 saturated carbocycles.